The first kappa shape index (κ1) is 15.3. The van der Waals surface area contributed by atoms with E-state index in [4.69, 9.17) is 9.47 Å². The molecule has 5 heteroatoms. The molecule has 106 valence electrons. The zero-order valence-electron chi connectivity index (χ0n) is 11.9. The van der Waals surface area contributed by atoms with Gasteiger partial charge in [-0.3, -0.25) is 9.59 Å². The second-order valence-electron chi connectivity index (χ2n) is 4.82. The second kappa shape index (κ2) is 5.47. The Morgan fingerprint density at radius 3 is 2.58 bits per heavy atom. The van der Waals surface area contributed by atoms with Crippen molar-refractivity contribution in [1.82, 2.24) is 0 Å². The Kier molecular flexibility index (Phi) is 4.39. The summed E-state index contributed by atoms with van der Waals surface area (Å²) in [4.78, 5) is 24.2. The Morgan fingerprint density at radius 2 is 2.11 bits per heavy atom. The Hall–Kier alpha value is -1.78. The molecule has 0 saturated heterocycles. The molecule has 0 saturated carbocycles. The molecular formula is C14H20O5. The van der Waals surface area contributed by atoms with Gasteiger partial charge in [0.05, 0.1) is 13.0 Å². The molecule has 0 aromatic carbocycles. The summed E-state index contributed by atoms with van der Waals surface area (Å²) in [6.07, 6.45) is 1.93. The second-order valence-corrected chi connectivity index (χ2v) is 4.82. The lowest BCUT2D eigenvalue weighted by Gasteiger charge is -2.33. The van der Waals surface area contributed by atoms with Gasteiger partial charge in [0.15, 0.2) is 5.76 Å². The van der Waals surface area contributed by atoms with Crippen LogP contribution >= 0.6 is 0 Å². The standard InChI is InChI=1S/C14H20O5/c1-6-8(2)13(17)19-14(4)11(18-5)7-10(15)9(3)12(14)16/h7-8,15H,6H2,1-5H3. The average molecular weight is 268 g/mol. The fourth-order valence-electron chi connectivity index (χ4n) is 1.77. The zero-order valence-corrected chi connectivity index (χ0v) is 11.9. The van der Waals surface area contributed by atoms with Gasteiger partial charge < -0.3 is 14.6 Å². The number of carbonyl (C=O) groups is 2. The largest absolute Gasteiger partial charge is 0.507 e. The van der Waals surface area contributed by atoms with Crippen LogP contribution in [0.25, 0.3) is 0 Å². The molecule has 0 aliphatic heterocycles. The molecule has 0 aromatic heterocycles. The van der Waals surface area contributed by atoms with Crippen LogP contribution in [0.2, 0.25) is 0 Å². The third-order valence-corrected chi connectivity index (χ3v) is 3.44. The van der Waals surface area contributed by atoms with E-state index in [0.717, 1.165) is 0 Å². The molecule has 0 aromatic rings. The first-order valence-electron chi connectivity index (χ1n) is 6.21. The molecule has 5 nitrogen and oxygen atoms in total. The number of allylic oxidation sites excluding steroid dienone is 1. The van der Waals surface area contributed by atoms with Crippen LogP contribution in [-0.4, -0.2) is 29.6 Å². The number of ketones is 1. The van der Waals surface area contributed by atoms with Crippen LogP contribution in [0.1, 0.15) is 34.1 Å². The van der Waals surface area contributed by atoms with E-state index in [1.165, 1.54) is 27.0 Å². The van der Waals surface area contributed by atoms with Crippen LogP contribution in [0, 0.1) is 5.92 Å². The van der Waals surface area contributed by atoms with Gasteiger partial charge in [0.25, 0.3) is 0 Å². The van der Waals surface area contributed by atoms with E-state index in [1.54, 1.807) is 6.92 Å². The van der Waals surface area contributed by atoms with Gasteiger partial charge in [-0.15, -0.1) is 0 Å². The predicted molar refractivity (Wildman–Crippen MR) is 69.4 cm³/mol. The summed E-state index contributed by atoms with van der Waals surface area (Å²) in [5.41, 5.74) is -1.36. The van der Waals surface area contributed by atoms with Crippen LogP contribution in [0.4, 0.5) is 0 Å². The third kappa shape index (κ3) is 2.64. The molecule has 0 amide bonds. The Balaban J connectivity index is 3.13. The highest BCUT2D eigenvalue weighted by atomic mass is 16.6. The summed E-state index contributed by atoms with van der Waals surface area (Å²) in [7, 11) is 1.36. The highest BCUT2D eigenvalue weighted by Gasteiger charge is 2.46. The van der Waals surface area contributed by atoms with Crippen molar-refractivity contribution < 1.29 is 24.2 Å². The summed E-state index contributed by atoms with van der Waals surface area (Å²) in [6.45, 7) is 6.55. The van der Waals surface area contributed by atoms with Gasteiger partial charge in [-0.2, -0.15) is 0 Å². The number of hydrogen-bond donors (Lipinski definition) is 1. The maximum atomic E-state index is 12.3. The summed E-state index contributed by atoms with van der Waals surface area (Å²) in [5.74, 6) is -1.28. The van der Waals surface area contributed by atoms with Crippen molar-refractivity contribution in [2.75, 3.05) is 7.11 Å². The molecule has 0 bridgehead atoms. The predicted octanol–water partition coefficient (Wildman–Crippen LogP) is 2.28. The van der Waals surface area contributed by atoms with Crippen molar-refractivity contribution in [3.8, 4) is 0 Å². The number of Topliss-reactive ketones (excluding diaryl/α,β-unsaturated/α-hetero) is 1. The fourth-order valence-corrected chi connectivity index (χ4v) is 1.77. The molecular weight excluding hydrogens is 248 g/mol. The van der Waals surface area contributed by atoms with Crippen molar-refractivity contribution in [3.63, 3.8) is 0 Å². The van der Waals surface area contributed by atoms with Crippen molar-refractivity contribution in [2.45, 2.75) is 39.7 Å². The number of esters is 1. The van der Waals surface area contributed by atoms with E-state index in [0.29, 0.717) is 6.42 Å². The minimum absolute atomic E-state index is 0.122. The van der Waals surface area contributed by atoms with E-state index in [9.17, 15) is 14.7 Å². The van der Waals surface area contributed by atoms with Crippen LogP contribution in [-0.2, 0) is 19.1 Å². The summed E-state index contributed by atoms with van der Waals surface area (Å²) in [5, 5.41) is 9.63. The fraction of sp³-hybridized carbons (Fsp3) is 0.571. The lowest BCUT2D eigenvalue weighted by atomic mass is 9.87. The van der Waals surface area contributed by atoms with Crippen molar-refractivity contribution in [1.29, 1.82) is 0 Å². The number of ether oxygens (including phenoxy) is 2. The molecule has 0 heterocycles. The van der Waals surface area contributed by atoms with Gasteiger partial charge in [0.2, 0.25) is 11.4 Å². The molecule has 2 atom stereocenters. The Bertz CT molecular complexity index is 460. The first-order valence-corrected chi connectivity index (χ1v) is 6.21. The van der Waals surface area contributed by atoms with E-state index in [1.807, 2.05) is 6.92 Å². The van der Waals surface area contributed by atoms with Gasteiger partial charge in [0, 0.05) is 11.6 Å². The number of aliphatic hydroxyl groups excluding tert-OH is 1. The van der Waals surface area contributed by atoms with Crippen molar-refractivity contribution in [3.05, 3.63) is 23.2 Å². The van der Waals surface area contributed by atoms with Crippen LogP contribution in [0.3, 0.4) is 0 Å². The summed E-state index contributed by atoms with van der Waals surface area (Å²) in [6, 6.07) is 0. The average Bonchev–Trinajstić information content (AvgIpc) is 2.39. The van der Waals surface area contributed by atoms with Gasteiger partial charge in [-0.1, -0.05) is 13.8 Å². The van der Waals surface area contributed by atoms with Crippen molar-refractivity contribution >= 4 is 11.8 Å². The third-order valence-electron chi connectivity index (χ3n) is 3.44. The minimum Gasteiger partial charge on any atom is -0.507 e. The number of methoxy groups -OCH3 is 1. The zero-order chi connectivity index (χ0) is 14.8. The summed E-state index contributed by atoms with van der Waals surface area (Å²) >= 11 is 0. The van der Waals surface area contributed by atoms with E-state index in [2.05, 4.69) is 0 Å². The van der Waals surface area contributed by atoms with Gasteiger partial charge in [0.1, 0.15) is 5.76 Å². The molecule has 0 fully saturated rings. The van der Waals surface area contributed by atoms with Crippen LogP contribution in [0.15, 0.2) is 23.2 Å². The number of hydrogen-bond acceptors (Lipinski definition) is 5. The van der Waals surface area contributed by atoms with Gasteiger partial charge >= 0.3 is 5.97 Å². The molecule has 1 aliphatic rings. The molecule has 1 rings (SSSR count). The number of aliphatic hydroxyl groups is 1. The lowest BCUT2D eigenvalue weighted by Crippen LogP contribution is -2.46. The monoisotopic (exact) mass is 268 g/mol. The highest BCUT2D eigenvalue weighted by Crippen LogP contribution is 2.33. The lowest BCUT2D eigenvalue weighted by molar-refractivity contribution is -0.167. The van der Waals surface area contributed by atoms with E-state index in [-0.39, 0.29) is 23.0 Å². The van der Waals surface area contributed by atoms with E-state index < -0.39 is 17.4 Å². The molecule has 2 unspecified atom stereocenters. The molecule has 1 N–H and O–H groups in total. The maximum Gasteiger partial charge on any atom is 0.310 e. The molecule has 1 aliphatic carbocycles. The summed E-state index contributed by atoms with van der Waals surface area (Å²) < 4.78 is 10.4. The number of carbonyl (C=O) groups excluding carboxylic acids is 2. The molecule has 0 spiro atoms. The van der Waals surface area contributed by atoms with Crippen LogP contribution in [0.5, 0.6) is 0 Å². The van der Waals surface area contributed by atoms with Crippen molar-refractivity contribution in [2.24, 2.45) is 5.92 Å². The maximum absolute atomic E-state index is 12.3. The van der Waals surface area contributed by atoms with Gasteiger partial charge in [-0.05, 0) is 20.3 Å². The van der Waals surface area contributed by atoms with Crippen LogP contribution < -0.4 is 0 Å². The highest BCUT2D eigenvalue weighted by molar-refractivity contribution is 6.06. The Labute approximate surface area is 112 Å². The minimum atomic E-state index is -1.51. The topological polar surface area (TPSA) is 72.8 Å². The van der Waals surface area contributed by atoms with E-state index >= 15 is 0 Å². The smallest absolute Gasteiger partial charge is 0.310 e. The first-order chi connectivity index (χ1) is 8.77. The molecule has 0 radical (unpaired) electrons. The quantitative estimate of drug-likeness (QED) is 0.792. The normalized spacial score (nSPS) is 24.9. The number of rotatable bonds is 4. The Morgan fingerprint density at radius 1 is 1.53 bits per heavy atom. The SMILES string of the molecule is CCC(C)C(=O)OC1(C)C(=O)C(C)=C(O)C=C1OC. The molecule has 19 heavy (non-hydrogen) atoms. The van der Waals surface area contributed by atoms with Gasteiger partial charge in [-0.25, -0.2) is 0 Å².